The fourth-order valence-electron chi connectivity index (χ4n) is 2.59. The van der Waals surface area contributed by atoms with Crippen LogP contribution in [0.3, 0.4) is 0 Å². The minimum atomic E-state index is 0. The van der Waals surface area contributed by atoms with Crippen molar-refractivity contribution in [2.75, 3.05) is 13.1 Å². The number of nitrogens with one attached hydrogen (secondary N) is 2. The van der Waals surface area contributed by atoms with E-state index in [9.17, 15) is 0 Å². The minimum absolute atomic E-state index is 0. The van der Waals surface area contributed by atoms with Crippen LogP contribution in [0, 0.1) is 19.8 Å². The molecule has 1 aromatic heterocycles. The van der Waals surface area contributed by atoms with Crippen molar-refractivity contribution < 1.29 is 0 Å². The van der Waals surface area contributed by atoms with E-state index in [1.54, 1.807) is 0 Å². The van der Waals surface area contributed by atoms with Gasteiger partial charge in [-0.1, -0.05) is 30.7 Å². The molecule has 0 saturated carbocycles. The number of halogens is 1. The van der Waals surface area contributed by atoms with E-state index >= 15 is 0 Å². The Labute approximate surface area is 168 Å². The molecule has 1 atom stereocenters. The Hall–Kier alpha value is -1.57. The Morgan fingerprint density at radius 1 is 1.28 bits per heavy atom. The summed E-state index contributed by atoms with van der Waals surface area (Å²) in [5.41, 5.74) is 3.85. The Morgan fingerprint density at radius 2 is 2.08 bits per heavy atom. The van der Waals surface area contributed by atoms with Gasteiger partial charge in [0.2, 0.25) is 0 Å². The van der Waals surface area contributed by atoms with Crippen molar-refractivity contribution in [3.63, 3.8) is 0 Å². The lowest BCUT2D eigenvalue weighted by atomic mass is 10.1. The topological polar surface area (TPSA) is 54.2 Å². The molecular weight excluding hydrogens is 425 g/mol. The molecule has 1 aromatic carbocycles. The zero-order chi connectivity index (χ0) is 17.4. The average Bonchev–Trinajstić information content (AvgIpc) is 3.04. The van der Waals surface area contributed by atoms with Crippen molar-refractivity contribution in [2.24, 2.45) is 10.9 Å². The van der Waals surface area contributed by atoms with Crippen LogP contribution in [0.4, 0.5) is 0 Å². The maximum atomic E-state index is 4.72. The zero-order valence-corrected chi connectivity index (χ0v) is 18.0. The molecule has 0 aliphatic rings. The fraction of sp³-hybridized carbons (Fsp3) is 0.474. The standard InChI is InChI=1S/C19H29N5.HI/c1-5-20-19(21-12-16(3)14-24-10-6-9-23-24)22-13-18-8-7-15(2)11-17(18)4;/h6-11,16H,5,12-14H2,1-4H3,(H2,20,21,22);1H. The molecule has 6 heteroatoms. The molecule has 1 unspecified atom stereocenters. The Kier molecular flexibility index (Phi) is 9.55. The highest BCUT2D eigenvalue weighted by atomic mass is 127. The van der Waals surface area contributed by atoms with Crippen molar-refractivity contribution in [3.05, 3.63) is 53.3 Å². The second kappa shape index (κ2) is 11.1. The number of hydrogen-bond acceptors (Lipinski definition) is 2. The molecule has 5 nitrogen and oxygen atoms in total. The van der Waals surface area contributed by atoms with Gasteiger partial charge in [-0.3, -0.25) is 4.68 Å². The van der Waals surface area contributed by atoms with Gasteiger partial charge >= 0.3 is 0 Å². The number of aliphatic imine (C=N–C) groups is 1. The second-order valence-corrected chi connectivity index (χ2v) is 6.34. The maximum absolute atomic E-state index is 4.72. The summed E-state index contributed by atoms with van der Waals surface area (Å²) in [6, 6.07) is 8.47. The predicted molar refractivity (Wildman–Crippen MR) is 116 cm³/mol. The molecule has 1 heterocycles. The first-order valence-corrected chi connectivity index (χ1v) is 8.64. The monoisotopic (exact) mass is 455 g/mol. The van der Waals surface area contributed by atoms with Crippen molar-refractivity contribution in [3.8, 4) is 0 Å². The van der Waals surface area contributed by atoms with Gasteiger partial charge in [-0.15, -0.1) is 24.0 Å². The highest BCUT2D eigenvalue weighted by molar-refractivity contribution is 14.0. The van der Waals surface area contributed by atoms with E-state index in [-0.39, 0.29) is 24.0 Å². The van der Waals surface area contributed by atoms with Gasteiger partial charge in [-0.2, -0.15) is 5.10 Å². The van der Waals surface area contributed by atoms with Gasteiger partial charge in [0.25, 0.3) is 0 Å². The molecule has 25 heavy (non-hydrogen) atoms. The fourth-order valence-corrected chi connectivity index (χ4v) is 2.59. The first kappa shape index (κ1) is 21.5. The molecule has 0 aliphatic heterocycles. The van der Waals surface area contributed by atoms with Gasteiger partial charge in [0, 0.05) is 32.0 Å². The number of benzene rings is 1. The molecule has 0 aliphatic carbocycles. The lowest BCUT2D eigenvalue weighted by Crippen LogP contribution is -2.40. The van der Waals surface area contributed by atoms with E-state index in [1.165, 1.54) is 16.7 Å². The van der Waals surface area contributed by atoms with Crippen LogP contribution in [0.1, 0.15) is 30.5 Å². The van der Waals surface area contributed by atoms with Crippen LogP contribution in [-0.4, -0.2) is 28.8 Å². The SMILES string of the molecule is CCNC(=NCc1ccc(C)cc1C)NCC(C)Cn1cccn1.I. The van der Waals surface area contributed by atoms with Crippen LogP contribution in [0.5, 0.6) is 0 Å². The Morgan fingerprint density at radius 3 is 2.72 bits per heavy atom. The molecule has 0 fully saturated rings. The lowest BCUT2D eigenvalue weighted by Gasteiger charge is -2.16. The molecule has 0 amide bonds. The first-order chi connectivity index (χ1) is 11.6. The molecule has 2 N–H and O–H groups in total. The quantitative estimate of drug-likeness (QED) is 0.382. The molecule has 0 radical (unpaired) electrons. The van der Waals surface area contributed by atoms with Gasteiger partial charge in [-0.05, 0) is 43.9 Å². The third-order valence-corrected chi connectivity index (χ3v) is 3.93. The number of aromatic nitrogens is 2. The molecular formula is C19H30IN5. The van der Waals surface area contributed by atoms with E-state index in [0.29, 0.717) is 12.5 Å². The number of guanidine groups is 1. The average molecular weight is 455 g/mol. The highest BCUT2D eigenvalue weighted by Gasteiger charge is 2.06. The predicted octanol–water partition coefficient (Wildman–Crippen LogP) is 3.51. The molecule has 2 aromatic rings. The van der Waals surface area contributed by atoms with Crippen LogP contribution in [0.25, 0.3) is 0 Å². The highest BCUT2D eigenvalue weighted by Crippen LogP contribution is 2.11. The van der Waals surface area contributed by atoms with Crippen molar-refractivity contribution >= 4 is 29.9 Å². The molecule has 138 valence electrons. The molecule has 0 bridgehead atoms. The minimum Gasteiger partial charge on any atom is -0.357 e. The van der Waals surface area contributed by atoms with Crippen LogP contribution >= 0.6 is 24.0 Å². The summed E-state index contributed by atoms with van der Waals surface area (Å²) in [6.07, 6.45) is 3.81. The van der Waals surface area contributed by atoms with Gasteiger partial charge in [0.15, 0.2) is 5.96 Å². The van der Waals surface area contributed by atoms with Gasteiger partial charge in [0.05, 0.1) is 6.54 Å². The molecule has 0 spiro atoms. The number of aryl methyl sites for hydroxylation is 2. The number of rotatable bonds is 7. The van der Waals surface area contributed by atoms with Crippen LogP contribution < -0.4 is 10.6 Å². The summed E-state index contributed by atoms with van der Waals surface area (Å²) in [5.74, 6) is 1.33. The summed E-state index contributed by atoms with van der Waals surface area (Å²) < 4.78 is 1.96. The molecule has 2 rings (SSSR count). The van der Waals surface area contributed by atoms with Crippen molar-refractivity contribution in [1.82, 2.24) is 20.4 Å². The number of hydrogen-bond donors (Lipinski definition) is 2. The lowest BCUT2D eigenvalue weighted by molar-refractivity contribution is 0.443. The van der Waals surface area contributed by atoms with Crippen LogP contribution in [-0.2, 0) is 13.1 Å². The van der Waals surface area contributed by atoms with Crippen LogP contribution in [0.2, 0.25) is 0 Å². The number of nitrogens with zero attached hydrogens (tertiary/aromatic N) is 3. The summed E-state index contributed by atoms with van der Waals surface area (Å²) in [6.45, 7) is 11.9. The van der Waals surface area contributed by atoms with Gasteiger partial charge < -0.3 is 10.6 Å². The van der Waals surface area contributed by atoms with E-state index in [4.69, 9.17) is 4.99 Å². The zero-order valence-electron chi connectivity index (χ0n) is 15.6. The van der Waals surface area contributed by atoms with Gasteiger partial charge in [0.1, 0.15) is 0 Å². The normalized spacial score (nSPS) is 12.4. The summed E-state index contributed by atoms with van der Waals surface area (Å²) in [5, 5.41) is 11.0. The summed E-state index contributed by atoms with van der Waals surface area (Å²) in [7, 11) is 0. The van der Waals surface area contributed by atoms with Crippen molar-refractivity contribution in [1.29, 1.82) is 0 Å². The smallest absolute Gasteiger partial charge is 0.191 e. The maximum Gasteiger partial charge on any atom is 0.191 e. The Balaban J connectivity index is 0.00000312. The van der Waals surface area contributed by atoms with E-state index in [2.05, 4.69) is 61.6 Å². The van der Waals surface area contributed by atoms with E-state index < -0.39 is 0 Å². The van der Waals surface area contributed by atoms with Gasteiger partial charge in [-0.25, -0.2) is 4.99 Å². The third kappa shape index (κ3) is 7.46. The second-order valence-electron chi connectivity index (χ2n) is 6.34. The van der Waals surface area contributed by atoms with E-state index in [0.717, 1.165) is 25.6 Å². The summed E-state index contributed by atoms with van der Waals surface area (Å²) in [4.78, 5) is 4.72. The third-order valence-electron chi connectivity index (χ3n) is 3.93. The summed E-state index contributed by atoms with van der Waals surface area (Å²) >= 11 is 0. The van der Waals surface area contributed by atoms with Crippen LogP contribution in [0.15, 0.2) is 41.7 Å². The van der Waals surface area contributed by atoms with E-state index in [1.807, 2.05) is 23.1 Å². The van der Waals surface area contributed by atoms with Crippen molar-refractivity contribution in [2.45, 2.75) is 40.8 Å². The molecule has 0 saturated heterocycles. The first-order valence-electron chi connectivity index (χ1n) is 8.64. The Bertz CT molecular complexity index is 652. The largest absolute Gasteiger partial charge is 0.357 e.